The van der Waals surface area contributed by atoms with Gasteiger partial charge in [-0.3, -0.25) is 9.59 Å². The zero-order valence-corrected chi connectivity index (χ0v) is 22.7. The number of aliphatic hydroxyl groups excluding tert-OH is 1. The van der Waals surface area contributed by atoms with E-state index in [0.717, 1.165) is 6.07 Å². The van der Waals surface area contributed by atoms with Crippen LogP contribution in [0.4, 0.5) is 13.2 Å². The van der Waals surface area contributed by atoms with E-state index in [4.69, 9.17) is 14.9 Å². The molecule has 0 radical (unpaired) electrons. The van der Waals surface area contributed by atoms with Crippen LogP contribution in [0.25, 0.3) is 22.4 Å². The van der Waals surface area contributed by atoms with Crippen LogP contribution in [-0.2, 0) is 12.7 Å². The Morgan fingerprint density at radius 2 is 2.00 bits per heavy atom. The van der Waals surface area contributed by atoms with Crippen molar-refractivity contribution in [2.24, 2.45) is 5.73 Å². The predicted molar refractivity (Wildman–Crippen MR) is 146 cm³/mol. The molecule has 0 aliphatic carbocycles. The van der Waals surface area contributed by atoms with Crippen LogP contribution in [0.15, 0.2) is 52.9 Å². The number of carbonyl (C=O) groups is 2. The van der Waals surface area contributed by atoms with E-state index in [-0.39, 0.29) is 53.0 Å². The Hall–Kier alpha value is -4.49. The number of likely N-dealkylation sites (tertiary alicyclic amines) is 1. The number of nitrogens with zero attached hydrogens (tertiary/aromatic N) is 3. The van der Waals surface area contributed by atoms with E-state index in [0.29, 0.717) is 29.7 Å². The average molecular weight is 584 g/mol. The lowest BCUT2D eigenvalue weighted by molar-refractivity contribution is -0.140. The van der Waals surface area contributed by atoms with Gasteiger partial charge in [0, 0.05) is 36.1 Å². The molecule has 4 aromatic rings. The first-order chi connectivity index (χ1) is 20.0. The van der Waals surface area contributed by atoms with Crippen molar-refractivity contribution in [3.8, 4) is 17.2 Å². The van der Waals surface area contributed by atoms with Gasteiger partial charge in [0.2, 0.25) is 5.89 Å². The number of nitrogens with two attached hydrogens (primary N) is 1. The number of methoxy groups -OCH3 is 1. The molecule has 0 unspecified atom stereocenters. The standard InChI is InChI=1S/C29H28F3N5O5/c1-15(33)25-24(26(39)34-13-16-4-3-5-17(12-16)28(40)37-11-10-18(38)14-37)36-27(42-25)20-6-8-21(41-2)23-19(20)7-9-22(35-23)29(30,31)32/h3-9,12,15,18,38H,10-11,13-14,33H2,1-2H3,(H,34,39)/t15-,18-/m0/s1. The summed E-state index contributed by atoms with van der Waals surface area (Å²) in [5.74, 6) is -0.612. The molecule has 220 valence electrons. The first-order valence-corrected chi connectivity index (χ1v) is 13.1. The number of ether oxygens (including phenoxy) is 1. The molecular weight excluding hydrogens is 555 g/mol. The Labute approximate surface area is 238 Å². The number of benzene rings is 2. The summed E-state index contributed by atoms with van der Waals surface area (Å²) in [4.78, 5) is 35.7. The van der Waals surface area contributed by atoms with Crippen LogP contribution in [0.3, 0.4) is 0 Å². The Balaban J connectivity index is 1.41. The second-order valence-electron chi connectivity index (χ2n) is 10.0. The van der Waals surface area contributed by atoms with E-state index in [1.165, 1.54) is 19.2 Å². The van der Waals surface area contributed by atoms with Gasteiger partial charge in [0.05, 0.1) is 19.3 Å². The summed E-state index contributed by atoms with van der Waals surface area (Å²) in [5, 5.41) is 12.8. The molecular formula is C29H28F3N5O5. The molecule has 1 fully saturated rings. The molecule has 1 saturated heterocycles. The molecule has 0 saturated carbocycles. The summed E-state index contributed by atoms with van der Waals surface area (Å²) >= 11 is 0. The summed E-state index contributed by atoms with van der Waals surface area (Å²) < 4.78 is 51.1. The lowest BCUT2D eigenvalue weighted by Gasteiger charge is -2.16. The van der Waals surface area contributed by atoms with Gasteiger partial charge in [-0.25, -0.2) is 9.97 Å². The van der Waals surface area contributed by atoms with Crippen LogP contribution in [0.1, 0.15) is 57.3 Å². The summed E-state index contributed by atoms with van der Waals surface area (Å²) in [6.45, 7) is 2.42. The summed E-state index contributed by atoms with van der Waals surface area (Å²) in [6.07, 6.45) is -4.66. The minimum atomic E-state index is -4.66. The van der Waals surface area contributed by atoms with Gasteiger partial charge in [-0.1, -0.05) is 12.1 Å². The van der Waals surface area contributed by atoms with E-state index in [1.807, 2.05) is 0 Å². The fraction of sp³-hybridized carbons (Fsp3) is 0.310. The first-order valence-electron chi connectivity index (χ1n) is 13.1. The third-order valence-corrected chi connectivity index (χ3v) is 6.92. The lowest BCUT2D eigenvalue weighted by Crippen LogP contribution is -2.29. The van der Waals surface area contributed by atoms with Crippen molar-refractivity contribution >= 4 is 22.7 Å². The van der Waals surface area contributed by atoms with Gasteiger partial charge in [0.25, 0.3) is 11.8 Å². The Morgan fingerprint density at radius 3 is 2.67 bits per heavy atom. The largest absolute Gasteiger partial charge is 0.494 e. The summed E-state index contributed by atoms with van der Waals surface area (Å²) in [6, 6.07) is 11.1. The maximum absolute atomic E-state index is 13.3. The average Bonchev–Trinajstić information content (AvgIpc) is 3.61. The molecule has 2 atom stereocenters. The minimum absolute atomic E-state index is 0.0259. The third-order valence-electron chi connectivity index (χ3n) is 6.92. The van der Waals surface area contributed by atoms with Crippen LogP contribution in [0, 0.1) is 0 Å². The van der Waals surface area contributed by atoms with Gasteiger partial charge in [-0.05, 0) is 55.3 Å². The number of fused-ring (bicyclic) bond motifs is 1. The van der Waals surface area contributed by atoms with Gasteiger partial charge in [-0.2, -0.15) is 13.2 Å². The number of amides is 2. The van der Waals surface area contributed by atoms with Crippen molar-refractivity contribution in [1.82, 2.24) is 20.2 Å². The maximum Gasteiger partial charge on any atom is 0.433 e. The number of nitrogens with one attached hydrogen (secondary N) is 1. The van der Waals surface area contributed by atoms with Gasteiger partial charge in [-0.15, -0.1) is 0 Å². The topological polar surface area (TPSA) is 144 Å². The summed E-state index contributed by atoms with van der Waals surface area (Å²) in [5.41, 5.74) is 6.25. The molecule has 10 nitrogen and oxygen atoms in total. The molecule has 5 rings (SSSR count). The number of oxazole rings is 1. The van der Waals surface area contributed by atoms with Crippen molar-refractivity contribution in [3.05, 3.63) is 76.8 Å². The number of aromatic nitrogens is 2. The highest BCUT2D eigenvalue weighted by atomic mass is 19.4. The number of rotatable bonds is 7. The lowest BCUT2D eigenvalue weighted by atomic mass is 10.1. The second kappa shape index (κ2) is 11.4. The van der Waals surface area contributed by atoms with Crippen LogP contribution < -0.4 is 15.8 Å². The molecule has 0 spiro atoms. The highest BCUT2D eigenvalue weighted by Crippen LogP contribution is 2.37. The third kappa shape index (κ3) is 5.78. The minimum Gasteiger partial charge on any atom is -0.494 e. The molecule has 2 aromatic carbocycles. The fourth-order valence-corrected chi connectivity index (χ4v) is 4.81. The number of carbonyl (C=O) groups excluding carboxylic acids is 2. The molecule has 4 N–H and O–H groups in total. The number of pyridine rings is 1. The Kier molecular flexibility index (Phi) is 7.89. The van der Waals surface area contributed by atoms with Crippen LogP contribution in [0.5, 0.6) is 5.75 Å². The highest BCUT2D eigenvalue weighted by Gasteiger charge is 2.33. The zero-order chi connectivity index (χ0) is 30.2. The van der Waals surface area contributed by atoms with E-state index in [9.17, 15) is 27.9 Å². The molecule has 42 heavy (non-hydrogen) atoms. The summed E-state index contributed by atoms with van der Waals surface area (Å²) in [7, 11) is 1.32. The monoisotopic (exact) mass is 583 g/mol. The number of β-amino-alcohol motifs (C(OH)–C–C–N with tert-alkyl or cyclic N) is 1. The van der Waals surface area contributed by atoms with Crippen molar-refractivity contribution < 1.29 is 37.0 Å². The number of halogens is 3. The molecule has 13 heteroatoms. The van der Waals surface area contributed by atoms with Gasteiger partial charge >= 0.3 is 6.18 Å². The SMILES string of the molecule is COc1ccc(-c2nc(C(=O)NCc3cccc(C(=O)N4CC[C@H](O)C4)c3)c([C@H](C)N)o2)c2ccc(C(F)(F)F)nc12. The molecule has 1 aliphatic heterocycles. The number of hydrogen-bond donors (Lipinski definition) is 3. The Bertz CT molecular complexity index is 1650. The highest BCUT2D eigenvalue weighted by molar-refractivity contribution is 5.98. The number of aliphatic hydroxyl groups is 1. The fourth-order valence-electron chi connectivity index (χ4n) is 4.81. The van der Waals surface area contributed by atoms with Gasteiger partial charge in [0.1, 0.15) is 17.0 Å². The Morgan fingerprint density at radius 1 is 1.21 bits per heavy atom. The van der Waals surface area contributed by atoms with E-state index >= 15 is 0 Å². The van der Waals surface area contributed by atoms with Crippen molar-refractivity contribution in [2.45, 2.75) is 38.2 Å². The smallest absolute Gasteiger partial charge is 0.433 e. The van der Waals surface area contributed by atoms with Crippen LogP contribution >= 0.6 is 0 Å². The maximum atomic E-state index is 13.3. The molecule has 3 heterocycles. The zero-order valence-electron chi connectivity index (χ0n) is 22.7. The first kappa shape index (κ1) is 29.0. The van der Waals surface area contributed by atoms with Crippen molar-refractivity contribution in [2.75, 3.05) is 20.2 Å². The van der Waals surface area contributed by atoms with Crippen LogP contribution in [0.2, 0.25) is 0 Å². The number of hydrogen-bond acceptors (Lipinski definition) is 8. The normalized spacial score (nSPS) is 16.1. The van der Waals surface area contributed by atoms with Gasteiger partial charge in [0.15, 0.2) is 11.5 Å². The molecule has 2 amide bonds. The molecule has 2 aromatic heterocycles. The molecule has 0 bridgehead atoms. The van der Waals surface area contributed by atoms with E-state index in [2.05, 4.69) is 15.3 Å². The van der Waals surface area contributed by atoms with E-state index < -0.39 is 29.9 Å². The van der Waals surface area contributed by atoms with E-state index in [1.54, 1.807) is 42.2 Å². The second-order valence-corrected chi connectivity index (χ2v) is 10.0. The quantitative estimate of drug-likeness (QED) is 0.295. The molecule has 1 aliphatic rings. The predicted octanol–water partition coefficient (Wildman–Crippen LogP) is 4.07. The van der Waals surface area contributed by atoms with Gasteiger partial charge < -0.3 is 30.2 Å². The number of alkyl halides is 3. The van der Waals surface area contributed by atoms with Crippen LogP contribution in [-0.4, -0.2) is 58.1 Å². The van der Waals surface area contributed by atoms with Crippen molar-refractivity contribution in [1.29, 1.82) is 0 Å². The van der Waals surface area contributed by atoms with Crippen molar-refractivity contribution in [3.63, 3.8) is 0 Å².